The van der Waals surface area contributed by atoms with Crippen LogP contribution in [0.25, 0.3) is 0 Å². The van der Waals surface area contributed by atoms with Crippen molar-refractivity contribution in [2.75, 3.05) is 13.2 Å². The SMILES string of the molecule is O=C(CO)CCC(=O)OCCc1ccc(O)c(O)c1. The number of esters is 1. The van der Waals surface area contributed by atoms with Gasteiger partial charge in [-0.15, -0.1) is 0 Å². The summed E-state index contributed by atoms with van der Waals surface area (Å²) in [6, 6.07) is 4.35. The molecule has 1 rings (SSSR count). The molecule has 1 aromatic rings. The Morgan fingerprint density at radius 3 is 2.47 bits per heavy atom. The molecule has 0 fully saturated rings. The van der Waals surface area contributed by atoms with Crippen LogP contribution in [0.4, 0.5) is 0 Å². The van der Waals surface area contributed by atoms with Gasteiger partial charge in [0.25, 0.3) is 0 Å². The highest BCUT2D eigenvalue weighted by Gasteiger charge is 2.07. The molecule has 104 valence electrons. The summed E-state index contributed by atoms with van der Waals surface area (Å²) in [6.45, 7) is -0.448. The van der Waals surface area contributed by atoms with Crippen LogP contribution in [0, 0.1) is 0 Å². The van der Waals surface area contributed by atoms with Crippen LogP contribution in [0.15, 0.2) is 18.2 Å². The van der Waals surface area contributed by atoms with Gasteiger partial charge in [-0.3, -0.25) is 9.59 Å². The molecule has 6 nitrogen and oxygen atoms in total. The smallest absolute Gasteiger partial charge is 0.306 e. The van der Waals surface area contributed by atoms with Gasteiger partial charge < -0.3 is 20.1 Å². The highest BCUT2D eigenvalue weighted by Crippen LogP contribution is 2.24. The third-order valence-electron chi connectivity index (χ3n) is 2.48. The fourth-order valence-electron chi connectivity index (χ4n) is 1.40. The van der Waals surface area contributed by atoms with Crippen LogP contribution in [0.5, 0.6) is 11.5 Å². The summed E-state index contributed by atoms with van der Waals surface area (Å²) < 4.78 is 4.89. The Morgan fingerprint density at radius 1 is 1.11 bits per heavy atom. The first-order chi connectivity index (χ1) is 9.02. The Labute approximate surface area is 110 Å². The van der Waals surface area contributed by atoms with Gasteiger partial charge in [-0.25, -0.2) is 0 Å². The molecular weight excluding hydrogens is 252 g/mol. The highest BCUT2D eigenvalue weighted by molar-refractivity contribution is 5.83. The van der Waals surface area contributed by atoms with Crippen molar-refractivity contribution in [3.63, 3.8) is 0 Å². The van der Waals surface area contributed by atoms with E-state index >= 15 is 0 Å². The number of aromatic hydroxyl groups is 2. The molecule has 0 unspecified atom stereocenters. The molecule has 1 aromatic carbocycles. The standard InChI is InChI=1S/C13H16O6/c14-8-10(15)2-4-13(18)19-6-5-9-1-3-11(16)12(17)7-9/h1,3,7,14,16-17H,2,4-6,8H2. The molecule has 19 heavy (non-hydrogen) atoms. The number of aliphatic hydroxyl groups is 1. The predicted molar refractivity (Wildman–Crippen MR) is 65.8 cm³/mol. The van der Waals surface area contributed by atoms with Crippen LogP contribution in [0.3, 0.4) is 0 Å². The lowest BCUT2D eigenvalue weighted by Crippen LogP contribution is -2.11. The predicted octanol–water partition coefficient (Wildman–Crippen LogP) is 0.525. The van der Waals surface area contributed by atoms with Gasteiger partial charge in [0, 0.05) is 12.8 Å². The van der Waals surface area contributed by atoms with E-state index in [9.17, 15) is 14.7 Å². The number of aliphatic hydroxyl groups excluding tert-OH is 1. The first-order valence-electron chi connectivity index (χ1n) is 5.82. The van der Waals surface area contributed by atoms with E-state index in [4.69, 9.17) is 14.9 Å². The van der Waals surface area contributed by atoms with E-state index in [1.54, 1.807) is 6.07 Å². The second kappa shape index (κ2) is 7.38. The number of benzene rings is 1. The molecule has 0 saturated carbocycles. The van der Waals surface area contributed by atoms with E-state index in [0.717, 1.165) is 5.56 Å². The van der Waals surface area contributed by atoms with Crippen LogP contribution in [0.1, 0.15) is 18.4 Å². The van der Waals surface area contributed by atoms with Gasteiger partial charge in [-0.05, 0) is 17.7 Å². The molecule has 0 radical (unpaired) electrons. The van der Waals surface area contributed by atoms with Gasteiger partial charge >= 0.3 is 5.97 Å². The monoisotopic (exact) mass is 268 g/mol. The largest absolute Gasteiger partial charge is 0.504 e. The zero-order chi connectivity index (χ0) is 14.3. The van der Waals surface area contributed by atoms with Crippen LogP contribution < -0.4 is 0 Å². The molecule has 0 heterocycles. The molecule has 3 N–H and O–H groups in total. The normalized spacial score (nSPS) is 10.2. The lowest BCUT2D eigenvalue weighted by atomic mass is 10.1. The lowest BCUT2D eigenvalue weighted by molar-refractivity contribution is -0.144. The van der Waals surface area contributed by atoms with Gasteiger partial charge in [0.2, 0.25) is 0 Å². The van der Waals surface area contributed by atoms with E-state index in [0.29, 0.717) is 6.42 Å². The Hall–Kier alpha value is -2.08. The molecule has 0 aromatic heterocycles. The van der Waals surface area contributed by atoms with Gasteiger partial charge in [-0.2, -0.15) is 0 Å². The van der Waals surface area contributed by atoms with Crippen molar-refractivity contribution >= 4 is 11.8 Å². The van der Waals surface area contributed by atoms with E-state index in [1.165, 1.54) is 12.1 Å². The zero-order valence-corrected chi connectivity index (χ0v) is 10.3. The Bertz CT molecular complexity index is 454. The van der Waals surface area contributed by atoms with Crippen molar-refractivity contribution in [2.24, 2.45) is 0 Å². The molecule has 0 atom stereocenters. The third-order valence-corrected chi connectivity index (χ3v) is 2.48. The van der Waals surface area contributed by atoms with Crippen LogP contribution in [-0.4, -0.2) is 40.3 Å². The van der Waals surface area contributed by atoms with E-state index in [2.05, 4.69) is 0 Å². The van der Waals surface area contributed by atoms with Gasteiger partial charge in [0.15, 0.2) is 17.3 Å². The van der Waals surface area contributed by atoms with E-state index in [-0.39, 0.29) is 30.9 Å². The van der Waals surface area contributed by atoms with Crippen LogP contribution in [-0.2, 0) is 20.7 Å². The quantitative estimate of drug-likeness (QED) is 0.492. The van der Waals surface area contributed by atoms with Crippen molar-refractivity contribution < 1.29 is 29.6 Å². The summed E-state index contributed by atoms with van der Waals surface area (Å²) in [4.78, 5) is 22.0. The number of carbonyl (C=O) groups excluding carboxylic acids is 2. The lowest BCUT2D eigenvalue weighted by Gasteiger charge is -2.05. The third kappa shape index (κ3) is 5.39. The number of rotatable bonds is 7. The maximum absolute atomic E-state index is 11.2. The Kier molecular flexibility index (Phi) is 5.81. The summed E-state index contributed by atoms with van der Waals surface area (Å²) in [6.07, 6.45) is 0.309. The zero-order valence-electron chi connectivity index (χ0n) is 10.3. The number of phenols is 2. The molecule has 0 spiro atoms. The average Bonchev–Trinajstić information content (AvgIpc) is 2.40. The highest BCUT2D eigenvalue weighted by atomic mass is 16.5. The topological polar surface area (TPSA) is 104 Å². The fraction of sp³-hybridized carbons (Fsp3) is 0.385. The number of ether oxygens (including phenoxy) is 1. The number of hydrogen-bond acceptors (Lipinski definition) is 6. The summed E-state index contributed by atoms with van der Waals surface area (Å²) in [5.41, 5.74) is 0.717. The number of phenolic OH excluding ortho intramolecular Hbond substituents is 2. The summed E-state index contributed by atoms with van der Waals surface area (Å²) >= 11 is 0. The average molecular weight is 268 g/mol. The Morgan fingerprint density at radius 2 is 1.84 bits per heavy atom. The molecular formula is C13H16O6. The van der Waals surface area contributed by atoms with Crippen molar-refractivity contribution in [1.29, 1.82) is 0 Å². The number of hydrogen-bond donors (Lipinski definition) is 3. The van der Waals surface area contributed by atoms with Gasteiger partial charge in [0.05, 0.1) is 13.0 Å². The molecule has 0 bridgehead atoms. The fourth-order valence-corrected chi connectivity index (χ4v) is 1.40. The molecule has 0 saturated heterocycles. The second-order valence-corrected chi connectivity index (χ2v) is 3.99. The minimum Gasteiger partial charge on any atom is -0.504 e. The van der Waals surface area contributed by atoms with E-state index < -0.39 is 18.4 Å². The molecule has 6 heteroatoms. The molecule has 0 aliphatic carbocycles. The van der Waals surface area contributed by atoms with Crippen LogP contribution >= 0.6 is 0 Å². The number of ketones is 1. The van der Waals surface area contributed by atoms with Crippen molar-refractivity contribution in [3.8, 4) is 11.5 Å². The number of carbonyl (C=O) groups is 2. The maximum atomic E-state index is 11.2. The van der Waals surface area contributed by atoms with Gasteiger partial charge in [-0.1, -0.05) is 6.07 Å². The summed E-state index contributed by atoms with van der Waals surface area (Å²) in [5.74, 6) is -1.34. The first-order valence-corrected chi connectivity index (χ1v) is 5.82. The minimum absolute atomic E-state index is 0.0324. The van der Waals surface area contributed by atoms with Crippen molar-refractivity contribution in [2.45, 2.75) is 19.3 Å². The molecule has 0 aliphatic heterocycles. The van der Waals surface area contributed by atoms with Crippen molar-refractivity contribution in [3.05, 3.63) is 23.8 Å². The first kappa shape index (κ1) is 15.0. The van der Waals surface area contributed by atoms with E-state index in [1.807, 2.05) is 0 Å². The summed E-state index contributed by atoms with van der Waals surface area (Å²) in [7, 11) is 0. The van der Waals surface area contributed by atoms with Gasteiger partial charge in [0.1, 0.15) is 6.61 Å². The number of Topliss-reactive ketones (excluding diaryl/α,β-unsaturated/α-hetero) is 1. The Balaban J connectivity index is 2.28. The van der Waals surface area contributed by atoms with Crippen LogP contribution in [0.2, 0.25) is 0 Å². The molecule has 0 amide bonds. The van der Waals surface area contributed by atoms with Crippen molar-refractivity contribution in [1.82, 2.24) is 0 Å². The maximum Gasteiger partial charge on any atom is 0.306 e. The summed E-state index contributed by atoms with van der Waals surface area (Å²) in [5, 5.41) is 26.9. The minimum atomic E-state index is -0.569. The second-order valence-electron chi connectivity index (χ2n) is 3.99. The molecule has 0 aliphatic rings.